The lowest BCUT2D eigenvalue weighted by Crippen LogP contribution is -2.42. The molecule has 1 heterocycles. The van der Waals surface area contributed by atoms with Gasteiger partial charge in [-0.1, -0.05) is 31.2 Å². The molecule has 1 amide bonds. The van der Waals surface area contributed by atoms with Gasteiger partial charge in [0.15, 0.2) is 11.5 Å². The van der Waals surface area contributed by atoms with Crippen LogP contribution in [0.3, 0.4) is 0 Å². The highest BCUT2D eigenvalue weighted by molar-refractivity contribution is 7.92. The van der Waals surface area contributed by atoms with Crippen LogP contribution in [0.25, 0.3) is 0 Å². The van der Waals surface area contributed by atoms with Gasteiger partial charge in [-0.3, -0.25) is 9.10 Å². The Labute approximate surface area is 171 Å². The van der Waals surface area contributed by atoms with Crippen molar-refractivity contribution in [1.29, 1.82) is 0 Å². The van der Waals surface area contributed by atoms with Crippen molar-refractivity contribution in [3.05, 3.63) is 53.6 Å². The molecule has 29 heavy (non-hydrogen) atoms. The van der Waals surface area contributed by atoms with Crippen LogP contribution < -0.4 is 19.1 Å². The molecule has 0 saturated carbocycles. The van der Waals surface area contributed by atoms with Crippen LogP contribution >= 0.6 is 0 Å². The molecule has 0 unspecified atom stereocenters. The molecule has 7 nitrogen and oxygen atoms in total. The predicted octanol–water partition coefficient (Wildman–Crippen LogP) is 3.01. The van der Waals surface area contributed by atoms with E-state index in [2.05, 4.69) is 12.2 Å². The lowest BCUT2D eigenvalue weighted by Gasteiger charge is -2.24. The van der Waals surface area contributed by atoms with Gasteiger partial charge in [0.25, 0.3) is 0 Å². The minimum absolute atomic E-state index is 0.0914. The third-order valence-electron chi connectivity index (χ3n) is 4.90. The first-order valence-corrected chi connectivity index (χ1v) is 11.2. The number of ether oxygens (including phenoxy) is 2. The molecule has 0 radical (unpaired) electrons. The number of carbonyl (C=O) groups excluding carboxylic acids is 1. The first-order chi connectivity index (χ1) is 13.8. The van der Waals surface area contributed by atoms with Gasteiger partial charge in [0.1, 0.15) is 6.54 Å². The van der Waals surface area contributed by atoms with E-state index in [1.807, 2.05) is 31.2 Å². The van der Waals surface area contributed by atoms with E-state index in [0.717, 1.165) is 16.3 Å². The van der Waals surface area contributed by atoms with Gasteiger partial charge in [-0.2, -0.15) is 0 Å². The number of rotatable bonds is 8. The summed E-state index contributed by atoms with van der Waals surface area (Å²) in [6.45, 7) is 5.28. The molecular weight excluding hydrogens is 392 g/mol. The fraction of sp³-hybridized carbons (Fsp3) is 0.381. The molecule has 0 fully saturated rings. The quantitative estimate of drug-likeness (QED) is 0.712. The second-order valence-corrected chi connectivity index (χ2v) is 9.01. The Morgan fingerprint density at radius 1 is 1.10 bits per heavy atom. The number of nitrogens with zero attached hydrogens (tertiary/aromatic N) is 1. The summed E-state index contributed by atoms with van der Waals surface area (Å²) in [7, 11) is -3.66. The van der Waals surface area contributed by atoms with E-state index in [-0.39, 0.29) is 31.0 Å². The van der Waals surface area contributed by atoms with Crippen molar-refractivity contribution in [2.75, 3.05) is 23.4 Å². The Kier molecular flexibility index (Phi) is 6.32. The summed E-state index contributed by atoms with van der Waals surface area (Å²) in [6, 6.07) is 12.6. The third kappa shape index (κ3) is 4.82. The van der Waals surface area contributed by atoms with Crippen molar-refractivity contribution in [2.24, 2.45) is 0 Å². The Balaban J connectivity index is 1.76. The van der Waals surface area contributed by atoms with Gasteiger partial charge in [-0.25, -0.2) is 8.42 Å². The fourth-order valence-electron chi connectivity index (χ4n) is 3.09. The number of amides is 1. The molecule has 2 aromatic carbocycles. The summed E-state index contributed by atoms with van der Waals surface area (Å²) in [5, 5.41) is 2.88. The molecule has 1 aliphatic rings. The Hall–Kier alpha value is -2.74. The van der Waals surface area contributed by atoms with E-state index in [1.54, 1.807) is 25.1 Å². The highest BCUT2D eigenvalue weighted by atomic mass is 32.2. The number of aryl methyl sites for hydroxylation is 1. The average molecular weight is 419 g/mol. The van der Waals surface area contributed by atoms with E-state index >= 15 is 0 Å². The minimum atomic E-state index is -3.66. The number of carbonyl (C=O) groups is 1. The lowest BCUT2D eigenvalue weighted by atomic mass is 10.1. The lowest BCUT2D eigenvalue weighted by molar-refractivity contribution is -0.120. The SMILES string of the molecule is CCc1ccc([C@@H](C)NC(=O)CN(c2ccc3c(c2)OCO3)S(=O)(=O)CC)cc1. The van der Waals surface area contributed by atoms with Crippen LogP contribution in [0.5, 0.6) is 11.5 Å². The number of sulfonamides is 1. The maximum absolute atomic E-state index is 12.7. The van der Waals surface area contributed by atoms with Gasteiger partial charge < -0.3 is 14.8 Å². The van der Waals surface area contributed by atoms with Gasteiger partial charge in [-0.05, 0) is 43.5 Å². The number of benzene rings is 2. The third-order valence-corrected chi connectivity index (χ3v) is 6.64. The number of hydrogen-bond acceptors (Lipinski definition) is 5. The average Bonchev–Trinajstić information content (AvgIpc) is 3.19. The van der Waals surface area contributed by atoms with E-state index in [0.29, 0.717) is 17.2 Å². The molecule has 3 rings (SSSR count). The van der Waals surface area contributed by atoms with E-state index in [4.69, 9.17) is 9.47 Å². The summed E-state index contributed by atoms with van der Waals surface area (Å²) in [5.41, 5.74) is 2.55. The fourth-order valence-corrected chi connectivity index (χ4v) is 4.15. The van der Waals surface area contributed by atoms with Gasteiger partial charge >= 0.3 is 0 Å². The van der Waals surface area contributed by atoms with E-state index in [9.17, 15) is 13.2 Å². The zero-order valence-electron chi connectivity index (χ0n) is 16.8. The van der Waals surface area contributed by atoms with Gasteiger partial charge in [0.05, 0.1) is 17.5 Å². The summed E-state index contributed by atoms with van der Waals surface area (Å²) in [5.74, 6) is 0.509. The molecule has 1 atom stereocenters. The molecular formula is C21H26N2O5S. The zero-order valence-corrected chi connectivity index (χ0v) is 17.7. The van der Waals surface area contributed by atoms with Crippen LogP contribution in [-0.2, 0) is 21.2 Å². The van der Waals surface area contributed by atoms with Crippen molar-refractivity contribution in [3.63, 3.8) is 0 Å². The summed E-state index contributed by atoms with van der Waals surface area (Å²) < 4.78 is 37.0. The Morgan fingerprint density at radius 2 is 1.79 bits per heavy atom. The number of hydrogen-bond donors (Lipinski definition) is 1. The van der Waals surface area contributed by atoms with Crippen molar-refractivity contribution in [2.45, 2.75) is 33.2 Å². The number of fused-ring (bicyclic) bond motifs is 1. The van der Waals surface area contributed by atoms with Gasteiger partial charge in [0, 0.05) is 6.07 Å². The maximum atomic E-state index is 12.7. The Bertz CT molecular complexity index is 973. The zero-order chi connectivity index (χ0) is 21.0. The topological polar surface area (TPSA) is 84.9 Å². The van der Waals surface area contributed by atoms with Crippen molar-refractivity contribution >= 4 is 21.6 Å². The van der Waals surface area contributed by atoms with Crippen molar-refractivity contribution in [3.8, 4) is 11.5 Å². The normalized spacial score (nSPS) is 13.8. The van der Waals surface area contributed by atoms with Crippen LogP contribution in [0.4, 0.5) is 5.69 Å². The van der Waals surface area contributed by atoms with Crippen LogP contribution in [0.1, 0.15) is 37.9 Å². The van der Waals surface area contributed by atoms with Crippen LogP contribution in [0.2, 0.25) is 0 Å². The molecule has 2 aromatic rings. The van der Waals surface area contributed by atoms with E-state index < -0.39 is 10.0 Å². The smallest absolute Gasteiger partial charge is 0.241 e. The molecule has 0 spiro atoms. The van der Waals surface area contributed by atoms with E-state index in [1.165, 1.54) is 5.56 Å². The monoisotopic (exact) mass is 418 g/mol. The van der Waals surface area contributed by atoms with Crippen LogP contribution in [-0.4, -0.2) is 33.4 Å². The summed E-state index contributed by atoms with van der Waals surface area (Å²) >= 11 is 0. The van der Waals surface area contributed by atoms with Crippen molar-refractivity contribution < 1.29 is 22.7 Å². The van der Waals surface area contributed by atoms with Gasteiger partial charge in [0.2, 0.25) is 22.7 Å². The second-order valence-electron chi connectivity index (χ2n) is 6.83. The highest BCUT2D eigenvalue weighted by Crippen LogP contribution is 2.36. The molecule has 0 bridgehead atoms. The molecule has 1 N–H and O–H groups in total. The molecule has 0 saturated heterocycles. The molecule has 156 valence electrons. The Morgan fingerprint density at radius 3 is 2.45 bits per heavy atom. The van der Waals surface area contributed by atoms with Crippen LogP contribution in [0, 0.1) is 0 Å². The minimum Gasteiger partial charge on any atom is -0.454 e. The molecule has 8 heteroatoms. The molecule has 0 aliphatic carbocycles. The maximum Gasteiger partial charge on any atom is 0.241 e. The van der Waals surface area contributed by atoms with Gasteiger partial charge in [-0.15, -0.1) is 0 Å². The summed E-state index contributed by atoms with van der Waals surface area (Å²) in [6.07, 6.45) is 0.945. The second kappa shape index (κ2) is 8.73. The summed E-state index contributed by atoms with van der Waals surface area (Å²) in [4.78, 5) is 12.7. The first kappa shape index (κ1) is 21.0. The van der Waals surface area contributed by atoms with Crippen LogP contribution in [0.15, 0.2) is 42.5 Å². The molecule has 1 aliphatic heterocycles. The first-order valence-electron chi connectivity index (χ1n) is 9.62. The highest BCUT2D eigenvalue weighted by Gasteiger charge is 2.26. The standard InChI is InChI=1S/C21H26N2O5S/c1-4-16-6-8-17(9-7-16)15(3)22-21(24)13-23(29(25,26)5-2)18-10-11-19-20(12-18)28-14-27-19/h6-12,15H,4-5,13-14H2,1-3H3,(H,22,24)/t15-/m1/s1. The predicted molar refractivity (Wildman–Crippen MR) is 112 cm³/mol. The largest absolute Gasteiger partial charge is 0.454 e. The molecule has 0 aromatic heterocycles. The number of anilines is 1. The van der Waals surface area contributed by atoms with Crippen molar-refractivity contribution in [1.82, 2.24) is 5.32 Å². The number of nitrogens with one attached hydrogen (secondary N) is 1.